The van der Waals surface area contributed by atoms with Crippen LogP contribution in [0.1, 0.15) is 27.2 Å². The Morgan fingerprint density at radius 2 is 1.71 bits per heavy atom. The van der Waals surface area contributed by atoms with Crippen LogP contribution in [0.4, 0.5) is 0 Å². The summed E-state index contributed by atoms with van der Waals surface area (Å²) in [6, 6.07) is 0. The predicted molar refractivity (Wildman–Crippen MR) is 55.1 cm³/mol. The molecule has 0 spiro atoms. The minimum Gasteiger partial charge on any atom is -0.378 e. The van der Waals surface area contributed by atoms with Gasteiger partial charge in [0.2, 0.25) is 0 Å². The average Bonchev–Trinajstić information content (AvgIpc) is 2.21. The molecule has 2 unspecified atom stereocenters. The van der Waals surface area contributed by atoms with Gasteiger partial charge >= 0.3 is 0 Å². The SMILES string of the molecule is CC[C@@H]1O[C@@H](OC)C(C)C(C)[C@@H]1OC. The van der Waals surface area contributed by atoms with Gasteiger partial charge in [0.25, 0.3) is 0 Å². The van der Waals surface area contributed by atoms with E-state index in [1.54, 1.807) is 14.2 Å². The van der Waals surface area contributed by atoms with E-state index < -0.39 is 0 Å². The molecule has 84 valence electrons. The van der Waals surface area contributed by atoms with Crippen LogP contribution in [0.15, 0.2) is 0 Å². The molecule has 5 atom stereocenters. The van der Waals surface area contributed by atoms with Gasteiger partial charge in [-0.05, 0) is 12.3 Å². The molecule has 0 bridgehead atoms. The molecule has 3 nitrogen and oxygen atoms in total. The fourth-order valence-electron chi connectivity index (χ4n) is 2.22. The number of ether oxygens (including phenoxy) is 3. The van der Waals surface area contributed by atoms with E-state index in [1.807, 2.05) is 0 Å². The summed E-state index contributed by atoms with van der Waals surface area (Å²) in [4.78, 5) is 0. The van der Waals surface area contributed by atoms with Crippen LogP contribution in [-0.2, 0) is 14.2 Å². The highest BCUT2D eigenvalue weighted by Crippen LogP contribution is 2.33. The molecule has 0 aromatic carbocycles. The highest BCUT2D eigenvalue weighted by atomic mass is 16.7. The first kappa shape index (κ1) is 12.0. The molecule has 14 heavy (non-hydrogen) atoms. The van der Waals surface area contributed by atoms with E-state index in [4.69, 9.17) is 14.2 Å². The molecular weight excluding hydrogens is 180 g/mol. The lowest BCUT2D eigenvalue weighted by atomic mass is 9.84. The summed E-state index contributed by atoms with van der Waals surface area (Å²) < 4.78 is 16.6. The highest BCUT2D eigenvalue weighted by molar-refractivity contribution is 4.85. The summed E-state index contributed by atoms with van der Waals surface area (Å²) in [7, 11) is 3.46. The molecule has 0 aliphatic carbocycles. The molecule has 1 aliphatic heterocycles. The van der Waals surface area contributed by atoms with E-state index in [9.17, 15) is 0 Å². The van der Waals surface area contributed by atoms with Crippen molar-refractivity contribution < 1.29 is 14.2 Å². The first-order chi connectivity index (χ1) is 6.65. The minimum absolute atomic E-state index is 0.0821. The second-order valence-electron chi connectivity index (χ2n) is 4.11. The average molecular weight is 202 g/mol. The molecule has 1 fully saturated rings. The van der Waals surface area contributed by atoms with Crippen LogP contribution in [0.3, 0.4) is 0 Å². The molecule has 1 aliphatic rings. The van der Waals surface area contributed by atoms with Gasteiger partial charge in [-0.15, -0.1) is 0 Å². The smallest absolute Gasteiger partial charge is 0.160 e. The topological polar surface area (TPSA) is 27.7 Å². The standard InChI is InChI=1S/C11H22O3/c1-6-9-10(12-4)7(2)8(3)11(13-5)14-9/h7-11H,6H2,1-5H3/t7?,8?,9-,10-,11+/m0/s1. The Labute approximate surface area is 86.7 Å². The lowest BCUT2D eigenvalue weighted by Gasteiger charge is -2.43. The molecule has 3 heteroatoms. The zero-order valence-electron chi connectivity index (χ0n) is 9.82. The van der Waals surface area contributed by atoms with Crippen molar-refractivity contribution in [2.24, 2.45) is 11.8 Å². The molecule has 1 heterocycles. The van der Waals surface area contributed by atoms with Crippen molar-refractivity contribution in [2.75, 3.05) is 14.2 Å². The van der Waals surface area contributed by atoms with Crippen LogP contribution in [-0.4, -0.2) is 32.7 Å². The van der Waals surface area contributed by atoms with Gasteiger partial charge < -0.3 is 14.2 Å². The van der Waals surface area contributed by atoms with Crippen molar-refractivity contribution in [1.29, 1.82) is 0 Å². The third kappa shape index (κ3) is 2.10. The van der Waals surface area contributed by atoms with Crippen molar-refractivity contribution in [1.82, 2.24) is 0 Å². The predicted octanol–water partition coefficient (Wildman–Crippen LogP) is 2.05. The Balaban J connectivity index is 2.71. The van der Waals surface area contributed by atoms with E-state index in [0.717, 1.165) is 6.42 Å². The van der Waals surface area contributed by atoms with Crippen LogP contribution in [0.25, 0.3) is 0 Å². The molecule has 0 saturated carbocycles. The van der Waals surface area contributed by atoms with Crippen LogP contribution < -0.4 is 0 Å². The molecule has 1 rings (SSSR count). The Morgan fingerprint density at radius 1 is 1.07 bits per heavy atom. The summed E-state index contributed by atoms with van der Waals surface area (Å²) in [6.07, 6.45) is 1.24. The third-order valence-electron chi connectivity index (χ3n) is 3.36. The van der Waals surface area contributed by atoms with Gasteiger partial charge in [-0.3, -0.25) is 0 Å². The Kier molecular flexibility index (Phi) is 4.35. The van der Waals surface area contributed by atoms with Crippen molar-refractivity contribution >= 4 is 0 Å². The van der Waals surface area contributed by atoms with E-state index in [2.05, 4.69) is 20.8 Å². The van der Waals surface area contributed by atoms with Crippen molar-refractivity contribution in [3.05, 3.63) is 0 Å². The van der Waals surface area contributed by atoms with E-state index in [1.165, 1.54) is 0 Å². The highest BCUT2D eigenvalue weighted by Gasteiger charge is 2.40. The van der Waals surface area contributed by atoms with Crippen molar-refractivity contribution in [3.63, 3.8) is 0 Å². The van der Waals surface area contributed by atoms with Crippen LogP contribution in [0, 0.1) is 11.8 Å². The first-order valence-corrected chi connectivity index (χ1v) is 5.36. The van der Waals surface area contributed by atoms with E-state index >= 15 is 0 Å². The monoisotopic (exact) mass is 202 g/mol. The maximum absolute atomic E-state index is 5.82. The second kappa shape index (κ2) is 5.10. The second-order valence-corrected chi connectivity index (χ2v) is 4.11. The normalized spacial score (nSPS) is 43.9. The zero-order chi connectivity index (χ0) is 10.7. The van der Waals surface area contributed by atoms with E-state index in [-0.39, 0.29) is 18.5 Å². The summed E-state index contributed by atoms with van der Waals surface area (Å²) in [6.45, 7) is 6.47. The largest absolute Gasteiger partial charge is 0.378 e. The van der Waals surface area contributed by atoms with Gasteiger partial charge in [-0.2, -0.15) is 0 Å². The summed E-state index contributed by atoms with van der Waals surface area (Å²) >= 11 is 0. The van der Waals surface area contributed by atoms with E-state index in [0.29, 0.717) is 11.8 Å². The summed E-state index contributed by atoms with van der Waals surface area (Å²) in [5.74, 6) is 0.858. The van der Waals surface area contributed by atoms with Crippen molar-refractivity contribution in [3.8, 4) is 0 Å². The maximum atomic E-state index is 5.82. The van der Waals surface area contributed by atoms with Crippen LogP contribution >= 0.6 is 0 Å². The van der Waals surface area contributed by atoms with Crippen LogP contribution in [0.5, 0.6) is 0 Å². The fraction of sp³-hybridized carbons (Fsp3) is 1.00. The number of hydrogen-bond acceptors (Lipinski definition) is 3. The number of rotatable bonds is 3. The fourth-order valence-corrected chi connectivity index (χ4v) is 2.22. The van der Waals surface area contributed by atoms with Gasteiger partial charge in [-0.25, -0.2) is 0 Å². The van der Waals surface area contributed by atoms with Crippen LogP contribution in [0.2, 0.25) is 0 Å². The molecule has 0 aromatic rings. The maximum Gasteiger partial charge on any atom is 0.160 e. The lowest BCUT2D eigenvalue weighted by Crippen LogP contribution is -2.50. The van der Waals surface area contributed by atoms with Gasteiger partial charge in [0, 0.05) is 20.1 Å². The molecule has 0 N–H and O–H groups in total. The quantitative estimate of drug-likeness (QED) is 0.701. The summed E-state index contributed by atoms with van der Waals surface area (Å²) in [5, 5.41) is 0. The third-order valence-corrected chi connectivity index (χ3v) is 3.36. The molecule has 0 amide bonds. The zero-order valence-corrected chi connectivity index (χ0v) is 9.82. The number of hydrogen-bond donors (Lipinski definition) is 0. The van der Waals surface area contributed by atoms with Crippen molar-refractivity contribution in [2.45, 2.75) is 45.7 Å². The Morgan fingerprint density at radius 3 is 2.14 bits per heavy atom. The van der Waals surface area contributed by atoms with Gasteiger partial charge in [0.1, 0.15) is 0 Å². The van der Waals surface area contributed by atoms with Gasteiger partial charge in [-0.1, -0.05) is 20.8 Å². The summed E-state index contributed by atoms with van der Waals surface area (Å²) in [5.41, 5.74) is 0. The number of methoxy groups -OCH3 is 2. The van der Waals surface area contributed by atoms with Gasteiger partial charge in [0.05, 0.1) is 12.2 Å². The van der Waals surface area contributed by atoms with Gasteiger partial charge in [0.15, 0.2) is 6.29 Å². The molecular formula is C11H22O3. The first-order valence-electron chi connectivity index (χ1n) is 5.36. The Hall–Kier alpha value is -0.120. The molecule has 0 aromatic heterocycles. The Bertz CT molecular complexity index is 170. The minimum atomic E-state index is -0.0821. The molecule has 0 radical (unpaired) electrons. The lowest BCUT2D eigenvalue weighted by molar-refractivity contribution is -0.258. The molecule has 1 saturated heterocycles.